The van der Waals surface area contributed by atoms with Crippen molar-refractivity contribution in [1.82, 2.24) is 5.32 Å². The van der Waals surface area contributed by atoms with Crippen LogP contribution in [-0.4, -0.2) is 29.8 Å². The van der Waals surface area contributed by atoms with Gasteiger partial charge in [0.05, 0.1) is 12.1 Å². The third-order valence-corrected chi connectivity index (χ3v) is 2.13. The second-order valence-corrected chi connectivity index (χ2v) is 5.57. The topological polar surface area (TPSA) is 70.6 Å². The molecule has 0 aliphatic carbocycles. The fourth-order valence-corrected chi connectivity index (χ4v) is 1.56. The van der Waals surface area contributed by atoms with Gasteiger partial charge in [0.25, 0.3) is 0 Å². The molecule has 0 aliphatic rings. The lowest BCUT2D eigenvalue weighted by molar-refractivity contribution is 0.0477. The molecule has 0 spiro atoms. The molecule has 0 aromatic heterocycles. The molecule has 0 rings (SSSR count). The summed E-state index contributed by atoms with van der Waals surface area (Å²) >= 11 is 0. The van der Waals surface area contributed by atoms with Crippen LogP contribution in [0, 0.1) is 11.8 Å². The van der Waals surface area contributed by atoms with E-state index in [0.29, 0.717) is 24.3 Å². The molecule has 1 unspecified atom stereocenters. The first-order chi connectivity index (χ1) is 7.23. The third-order valence-electron chi connectivity index (χ3n) is 2.13. The summed E-state index contributed by atoms with van der Waals surface area (Å²) in [5.41, 5.74) is 4.92. The Morgan fingerprint density at radius 2 is 1.88 bits per heavy atom. The summed E-state index contributed by atoms with van der Waals surface area (Å²) in [7, 11) is 0. The summed E-state index contributed by atoms with van der Waals surface area (Å²) in [5, 5.41) is 13.0. The van der Waals surface area contributed by atoms with Gasteiger partial charge in [-0.2, -0.15) is 0 Å². The van der Waals surface area contributed by atoms with Crippen LogP contribution in [0.2, 0.25) is 0 Å². The summed E-state index contributed by atoms with van der Waals surface area (Å²) in [6, 6.07) is 0. The molecule has 0 saturated carbocycles. The van der Waals surface area contributed by atoms with Crippen LogP contribution in [0.5, 0.6) is 0 Å². The highest BCUT2D eigenvalue weighted by Crippen LogP contribution is 2.16. The molecule has 0 aromatic rings. The van der Waals surface area contributed by atoms with Crippen molar-refractivity contribution in [3.8, 4) is 0 Å². The molecular formula is C12H27N3O. The van der Waals surface area contributed by atoms with Gasteiger partial charge in [0.2, 0.25) is 0 Å². The molecule has 0 fully saturated rings. The van der Waals surface area contributed by atoms with E-state index in [9.17, 15) is 5.11 Å². The van der Waals surface area contributed by atoms with Gasteiger partial charge in [-0.1, -0.05) is 27.7 Å². The summed E-state index contributed by atoms with van der Waals surface area (Å²) < 4.78 is 0. The molecule has 0 heterocycles. The van der Waals surface area contributed by atoms with E-state index in [2.05, 4.69) is 38.0 Å². The Hall–Kier alpha value is -0.770. The van der Waals surface area contributed by atoms with Crippen LogP contribution in [0.1, 0.15) is 41.0 Å². The Bertz CT molecular complexity index is 222. The maximum Gasteiger partial charge on any atom is 0.188 e. The molecule has 0 aromatic carbocycles. The van der Waals surface area contributed by atoms with E-state index in [-0.39, 0.29) is 0 Å². The molecule has 0 aliphatic heterocycles. The lowest BCUT2D eigenvalue weighted by Gasteiger charge is -2.23. The maximum atomic E-state index is 10.0. The molecular weight excluding hydrogens is 202 g/mol. The quantitative estimate of drug-likeness (QED) is 0.475. The minimum absolute atomic E-state index is 0.349. The number of hydrogen-bond acceptors (Lipinski definition) is 2. The smallest absolute Gasteiger partial charge is 0.188 e. The van der Waals surface area contributed by atoms with Gasteiger partial charge in [0, 0.05) is 6.54 Å². The fraction of sp³-hybridized carbons (Fsp3) is 0.917. The van der Waals surface area contributed by atoms with E-state index in [1.54, 1.807) is 6.92 Å². The average Bonchev–Trinajstić information content (AvgIpc) is 2.09. The Balaban J connectivity index is 4.03. The van der Waals surface area contributed by atoms with Gasteiger partial charge in [0.15, 0.2) is 5.96 Å². The minimum Gasteiger partial charge on any atom is -0.388 e. The normalized spacial score (nSPS) is 16.6. The number of rotatable bonds is 6. The van der Waals surface area contributed by atoms with Gasteiger partial charge < -0.3 is 16.2 Å². The number of guanidine groups is 1. The standard InChI is InChI=1S/C12H27N3O/c1-9(2)6-12(5,16)8-15-11(13)14-7-10(3)4/h9-10,16H,6-8H2,1-5H3,(H3,13,14,15). The van der Waals surface area contributed by atoms with E-state index in [4.69, 9.17) is 5.73 Å². The molecule has 0 radical (unpaired) electrons. The average molecular weight is 229 g/mol. The lowest BCUT2D eigenvalue weighted by Crippen LogP contribution is -2.37. The van der Waals surface area contributed by atoms with E-state index < -0.39 is 5.60 Å². The van der Waals surface area contributed by atoms with Gasteiger partial charge in [-0.15, -0.1) is 0 Å². The maximum absolute atomic E-state index is 10.0. The van der Waals surface area contributed by atoms with Crippen molar-refractivity contribution in [2.75, 3.05) is 13.1 Å². The molecule has 0 saturated heterocycles. The van der Waals surface area contributed by atoms with Gasteiger partial charge in [0.1, 0.15) is 0 Å². The molecule has 96 valence electrons. The zero-order valence-electron chi connectivity index (χ0n) is 11.2. The summed E-state index contributed by atoms with van der Waals surface area (Å²) in [6.45, 7) is 11.3. The second-order valence-electron chi connectivity index (χ2n) is 5.57. The number of aliphatic imine (C=N–C) groups is 1. The van der Waals surface area contributed by atoms with Gasteiger partial charge in [-0.3, -0.25) is 4.99 Å². The number of aliphatic hydroxyl groups is 1. The van der Waals surface area contributed by atoms with E-state index in [1.165, 1.54) is 0 Å². The zero-order valence-corrected chi connectivity index (χ0v) is 11.2. The van der Waals surface area contributed by atoms with E-state index in [0.717, 1.165) is 13.0 Å². The van der Waals surface area contributed by atoms with Crippen LogP contribution in [0.4, 0.5) is 0 Å². The largest absolute Gasteiger partial charge is 0.388 e. The zero-order chi connectivity index (χ0) is 12.8. The lowest BCUT2D eigenvalue weighted by atomic mass is 9.94. The van der Waals surface area contributed by atoms with Crippen LogP contribution in [0.15, 0.2) is 4.99 Å². The first kappa shape index (κ1) is 15.2. The highest BCUT2D eigenvalue weighted by molar-refractivity contribution is 5.77. The minimum atomic E-state index is -0.766. The third kappa shape index (κ3) is 8.53. The van der Waals surface area contributed by atoms with Gasteiger partial charge in [-0.25, -0.2) is 0 Å². The van der Waals surface area contributed by atoms with Gasteiger partial charge >= 0.3 is 0 Å². The Kier molecular flexibility index (Phi) is 6.41. The van der Waals surface area contributed by atoms with Crippen molar-refractivity contribution in [1.29, 1.82) is 0 Å². The van der Waals surface area contributed by atoms with Crippen LogP contribution < -0.4 is 11.1 Å². The highest BCUT2D eigenvalue weighted by atomic mass is 16.3. The van der Waals surface area contributed by atoms with Gasteiger partial charge in [-0.05, 0) is 25.2 Å². The molecule has 0 amide bonds. The fourth-order valence-electron chi connectivity index (χ4n) is 1.56. The summed E-state index contributed by atoms with van der Waals surface area (Å²) in [5.74, 6) is 1.40. The second kappa shape index (κ2) is 6.74. The molecule has 4 heteroatoms. The summed E-state index contributed by atoms with van der Waals surface area (Å²) in [4.78, 5) is 4.15. The number of hydrogen-bond donors (Lipinski definition) is 3. The van der Waals surface area contributed by atoms with Crippen LogP contribution in [0.25, 0.3) is 0 Å². The number of nitrogens with two attached hydrogens (primary N) is 1. The SMILES string of the molecule is CC(C)CNC(N)=NCC(C)(O)CC(C)C. The molecule has 4 N–H and O–H groups in total. The van der Waals surface area contributed by atoms with Crippen molar-refractivity contribution < 1.29 is 5.11 Å². The highest BCUT2D eigenvalue weighted by Gasteiger charge is 2.21. The predicted octanol–water partition coefficient (Wildman–Crippen LogP) is 1.34. The molecule has 16 heavy (non-hydrogen) atoms. The molecule has 0 bridgehead atoms. The number of nitrogens with zero attached hydrogens (tertiary/aromatic N) is 1. The van der Waals surface area contributed by atoms with Crippen molar-refractivity contribution in [2.45, 2.75) is 46.6 Å². The van der Waals surface area contributed by atoms with Crippen LogP contribution in [0.3, 0.4) is 0 Å². The Labute approximate surface area is 99.3 Å². The first-order valence-corrected chi connectivity index (χ1v) is 5.99. The van der Waals surface area contributed by atoms with Crippen molar-refractivity contribution in [2.24, 2.45) is 22.6 Å². The Morgan fingerprint density at radius 3 is 2.31 bits per heavy atom. The summed E-state index contributed by atoms with van der Waals surface area (Å²) in [6.07, 6.45) is 0.730. The predicted molar refractivity (Wildman–Crippen MR) is 69.4 cm³/mol. The Morgan fingerprint density at radius 1 is 1.31 bits per heavy atom. The monoisotopic (exact) mass is 229 g/mol. The van der Waals surface area contributed by atoms with Crippen LogP contribution >= 0.6 is 0 Å². The molecule has 4 nitrogen and oxygen atoms in total. The van der Waals surface area contributed by atoms with Crippen molar-refractivity contribution in [3.05, 3.63) is 0 Å². The van der Waals surface area contributed by atoms with E-state index in [1.807, 2.05) is 0 Å². The van der Waals surface area contributed by atoms with E-state index >= 15 is 0 Å². The molecule has 1 atom stereocenters. The van der Waals surface area contributed by atoms with Crippen molar-refractivity contribution >= 4 is 5.96 Å². The van der Waals surface area contributed by atoms with Crippen LogP contribution in [-0.2, 0) is 0 Å². The first-order valence-electron chi connectivity index (χ1n) is 5.99. The van der Waals surface area contributed by atoms with Crippen molar-refractivity contribution in [3.63, 3.8) is 0 Å². The number of nitrogens with one attached hydrogen (secondary N) is 1.